The van der Waals surface area contributed by atoms with Gasteiger partial charge in [0.2, 0.25) is 0 Å². The smallest absolute Gasteiger partial charge is 0.0740 e. The van der Waals surface area contributed by atoms with Crippen molar-refractivity contribution in [3.8, 4) is 0 Å². The van der Waals surface area contributed by atoms with Crippen LogP contribution in [-0.2, 0) is 9.47 Å². The minimum Gasteiger partial charge on any atom is -0.393 e. The molecule has 0 spiro atoms. The van der Waals surface area contributed by atoms with E-state index in [0.29, 0.717) is 4.99 Å². The zero-order valence-corrected chi connectivity index (χ0v) is 11.9. The van der Waals surface area contributed by atoms with Gasteiger partial charge in [-0.15, -0.1) is 0 Å². The van der Waals surface area contributed by atoms with Gasteiger partial charge < -0.3 is 15.2 Å². The molecule has 2 N–H and O–H groups in total. The van der Waals surface area contributed by atoms with Crippen molar-refractivity contribution in [3.05, 3.63) is 0 Å². The topological polar surface area (TPSA) is 47.7 Å². The van der Waals surface area contributed by atoms with Gasteiger partial charge in [-0.05, 0) is 6.42 Å². The third-order valence-electron chi connectivity index (χ3n) is 2.48. The van der Waals surface area contributed by atoms with E-state index >= 15 is 0 Å². The number of hydrogen-bond acceptors (Lipinski definition) is 4. The van der Waals surface area contributed by atoms with Crippen LogP contribution in [0.3, 0.4) is 0 Å². The Labute approximate surface area is 110 Å². The largest absolute Gasteiger partial charge is 0.393 e. The van der Waals surface area contributed by atoms with Gasteiger partial charge in [0.05, 0.1) is 18.2 Å². The van der Waals surface area contributed by atoms with Crippen molar-refractivity contribution in [1.29, 1.82) is 0 Å². The van der Waals surface area contributed by atoms with Gasteiger partial charge in [0.25, 0.3) is 0 Å². The van der Waals surface area contributed by atoms with Gasteiger partial charge in [-0.3, -0.25) is 4.90 Å². The lowest BCUT2D eigenvalue weighted by molar-refractivity contribution is 0.0879. The van der Waals surface area contributed by atoms with Crippen LogP contribution in [0.1, 0.15) is 26.2 Å². The minimum absolute atomic E-state index is 0.569. The van der Waals surface area contributed by atoms with Gasteiger partial charge in [-0.1, -0.05) is 25.6 Å². The Morgan fingerprint density at radius 2 is 1.88 bits per heavy atom. The summed E-state index contributed by atoms with van der Waals surface area (Å²) in [7, 11) is 1.71. The van der Waals surface area contributed by atoms with Gasteiger partial charge in [-0.2, -0.15) is 0 Å². The van der Waals surface area contributed by atoms with Crippen molar-refractivity contribution in [2.75, 3.05) is 46.6 Å². The van der Waals surface area contributed by atoms with Crippen LogP contribution in [0.5, 0.6) is 0 Å². The van der Waals surface area contributed by atoms with E-state index in [-0.39, 0.29) is 0 Å². The second kappa shape index (κ2) is 12.2. The second-order valence-electron chi connectivity index (χ2n) is 4.02. The van der Waals surface area contributed by atoms with Crippen LogP contribution in [0, 0.1) is 0 Å². The summed E-state index contributed by atoms with van der Waals surface area (Å²) in [6, 6.07) is 0. The van der Waals surface area contributed by atoms with Crippen LogP contribution in [-0.4, -0.2) is 56.5 Å². The summed E-state index contributed by atoms with van der Waals surface area (Å²) in [5, 5.41) is 0. The second-order valence-corrected chi connectivity index (χ2v) is 4.54. The number of hydrogen-bond donors (Lipinski definition) is 1. The van der Waals surface area contributed by atoms with Crippen LogP contribution in [0.15, 0.2) is 0 Å². The number of rotatable bonds is 12. The molecule has 0 aliphatic carbocycles. The summed E-state index contributed by atoms with van der Waals surface area (Å²) in [4.78, 5) is 2.84. The molecule has 0 unspecified atom stereocenters. The minimum atomic E-state index is 0.569. The van der Waals surface area contributed by atoms with Crippen LogP contribution in [0.2, 0.25) is 0 Å². The van der Waals surface area contributed by atoms with E-state index in [4.69, 9.17) is 27.4 Å². The lowest BCUT2D eigenvalue weighted by atomic mass is 10.3. The number of nitrogens with two attached hydrogens (primary N) is 1. The molecule has 17 heavy (non-hydrogen) atoms. The summed E-state index contributed by atoms with van der Waals surface area (Å²) in [5.41, 5.74) is 5.51. The van der Waals surface area contributed by atoms with Gasteiger partial charge in [0, 0.05) is 39.8 Å². The van der Waals surface area contributed by atoms with E-state index in [1.807, 2.05) is 0 Å². The fourth-order valence-electron chi connectivity index (χ4n) is 1.37. The highest BCUT2D eigenvalue weighted by Crippen LogP contribution is 1.94. The summed E-state index contributed by atoms with van der Waals surface area (Å²) in [6.07, 6.45) is 3.06. The lowest BCUT2D eigenvalue weighted by Crippen LogP contribution is -2.33. The molecule has 0 aliphatic heterocycles. The molecule has 4 nitrogen and oxygen atoms in total. The quantitative estimate of drug-likeness (QED) is 0.426. The molecule has 0 rings (SSSR count). The Kier molecular flexibility index (Phi) is 12.1. The van der Waals surface area contributed by atoms with Crippen LogP contribution < -0.4 is 5.73 Å². The molecule has 0 atom stereocenters. The Hall–Kier alpha value is -0.230. The van der Waals surface area contributed by atoms with Crippen molar-refractivity contribution >= 4 is 17.2 Å². The number of ether oxygens (including phenoxy) is 2. The lowest BCUT2D eigenvalue weighted by Gasteiger charge is -2.21. The first-order chi connectivity index (χ1) is 8.20. The average molecular weight is 262 g/mol. The fraction of sp³-hybridized carbons (Fsp3) is 0.917. The monoisotopic (exact) mass is 262 g/mol. The highest BCUT2D eigenvalue weighted by Gasteiger charge is 2.05. The van der Waals surface area contributed by atoms with Crippen molar-refractivity contribution in [2.45, 2.75) is 26.2 Å². The number of nitrogens with zero attached hydrogens (tertiary/aromatic N) is 1. The first-order valence-electron chi connectivity index (χ1n) is 6.28. The Balaban J connectivity index is 3.64. The molecular formula is C12H26N2O2S. The summed E-state index contributed by atoms with van der Waals surface area (Å²) in [6.45, 7) is 7.20. The molecule has 0 saturated carbocycles. The van der Waals surface area contributed by atoms with E-state index in [0.717, 1.165) is 52.3 Å². The highest BCUT2D eigenvalue weighted by atomic mass is 32.1. The van der Waals surface area contributed by atoms with Crippen molar-refractivity contribution in [1.82, 2.24) is 4.90 Å². The molecule has 0 aliphatic rings. The van der Waals surface area contributed by atoms with Crippen molar-refractivity contribution < 1.29 is 9.47 Å². The van der Waals surface area contributed by atoms with Crippen LogP contribution in [0.4, 0.5) is 0 Å². The van der Waals surface area contributed by atoms with E-state index in [2.05, 4.69) is 11.8 Å². The Morgan fingerprint density at radius 3 is 2.47 bits per heavy atom. The number of methoxy groups -OCH3 is 1. The van der Waals surface area contributed by atoms with Crippen LogP contribution in [0.25, 0.3) is 0 Å². The summed E-state index contributed by atoms with van der Waals surface area (Å²) >= 11 is 4.88. The standard InChI is InChI=1S/C12H26N2O2S/c1-3-4-9-16-11-8-14(7-10-15-2)6-5-12(13)17/h3-11H2,1-2H3,(H2,13,17). The molecule has 0 radical (unpaired) electrons. The maximum Gasteiger partial charge on any atom is 0.0740 e. The molecule has 5 heteroatoms. The van der Waals surface area contributed by atoms with Crippen LogP contribution >= 0.6 is 12.2 Å². The molecule has 0 aromatic carbocycles. The number of unbranched alkanes of at least 4 members (excludes halogenated alkanes) is 1. The van der Waals surface area contributed by atoms with E-state index in [1.165, 1.54) is 6.42 Å². The third kappa shape index (κ3) is 12.0. The van der Waals surface area contributed by atoms with E-state index in [1.54, 1.807) is 7.11 Å². The molecule has 0 fully saturated rings. The SMILES string of the molecule is CCCCOCCN(CCOC)CCC(N)=S. The predicted molar refractivity (Wildman–Crippen MR) is 75.4 cm³/mol. The number of thiocarbonyl (C=S) groups is 1. The third-order valence-corrected chi connectivity index (χ3v) is 2.68. The van der Waals surface area contributed by atoms with Gasteiger partial charge in [-0.25, -0.2) is 0 Å². The molecule has 0 aromatic heterocycles. The Morgan fingerprint density at radius 1 is 1.18 bits per heavy atom. The molecule has 0 saturated heterocycles. The molecule has 0 amide bonds. The molecule has 102 valence electrons. The van der Waals surface area contributed by atoms with E-state index < -0.39 is 0 Å². The summed E-state index contributed by atoms with van der Waals surface area (Å²) < 4.78 is 10.6. The van der Waals surface area contributed by atoms with Crippen molar-refractivity contribution in [2.24, 2.45) is 5.73 Å². The molecule has 0 bridgehead atoms. The average Bonchev–Trinajstić information content (AvgIpc) is 2.31. The van der Waals surface area contributed by atoms with Crippen molar-refractivity contribution in [3.63, 3.8) is 0 Å². The predicted octanol–water partition coefficient (Wildman–Crippen LogP) is 1.43. The first-order valence-corrected chi connectivity index (χ1v) is 6.68. The van der Waals surface area contributed by atoms with Gasteiger partial charge in [0.1, 0.15) is 0 Å². The molecular weight excluding hydrogens is 236 g/mol. The maximum atomic E-state index is 5.54. The highest BCUT2D eigenvalue weighted by molar-refractivity contribution is 7.80. The molecule has 0 aromatic rings. The van der Waals surface area contributed by atoms with Gasteiger partial charge in [0.15, 0.2) is 0 Å². The van der Waals surface area contributed by atoms with Gasteiger partial charge >= 0.3 is 0 Å². The summed E-state index contributed by atoms with van der Waals surface area (Å²) in [5.74, 6) is 0. The normalized spacial score (nSPS) is 11.0. The fourth-order valence-corrected chi connectivity index (χ4v) is 1.46. The zero-order chi connectivity index (χ0) is 12.9. The van der Waals surface area contributed by atoms with E-state index in [9.17, 15) is 0 Å². The zero-order valence-electron chi connectivity index (χ0n) is 11.1. The molecule has 0 heterocycles. The first kappa shape index (κ1) is 16.8. The Bertz CT molecular complexity index is 191. The maximum absolute atomic E-state index is 5.54.